The average molecular weight is 450 g/mol. The van der Waals surface area contributed by atoms with E-state index in [-0.39, 0.29) is 11.7 Å². The zero-order chi connectivity index (χ0) is 19.0. The summed E-state index contributed by atoms with van der Waals surface area (Å²) in [7, 11) is 1.68. The van der Waals surface area contributed by atoms with Crippen molar-refractivity contribution in [2.75, 3.05) is 20.3 Å². The number of rotatable bonds is 5. The van der Waals surface area contributed by atoms with Gasteiger partial charge in [-0.1, -0.05) is 22.0 Å². The SMILES string of the molecule is COCC1CC2=C(C=O)C(c3ccc(F)cc3Br)N=C(c3nccs3)N2C1. The largest absolute Gasteiger partial charge is 0.384 e. The molecule has 0 saturated carbocycles. The lowest BCUT2D eigenvalue weighted by Crippen LogP contribution is -2.34. The van der Waals surface area contributed by atoms with Crippen LogP contribution in [-0.4, -0.2) is 42.3 Å². The van der Waals surface area contributed by atoms with Crippen molar-refractivity contribution in [2.24, 2.45) is 10.9 Å². The third kappa shape index (κ3) is 3.37. The number of aliphatic imine (C=N–C) groups is 1. The van der Waals surface area contributed by atoms with Crippen LogP contribution >= 0.6 is 27.3 Å². The molecule has 1 saturated heterocycles. The molecule has 1 aromatic heterocycles. The van der Waals surface area contributed by atoms with E-state index in [2.05, 4.69) is 25.8 Å². The van der Waals surface area contributed by atoms with Gasteiger partial charge in [-0.25, -0.2) is 9.37 Å². The molecule has 2 aliphatic rings. The molecular formula is C19H17BrFN3O2S. The average Bonchev–Trinajstić information content (AvgIpc) is 3.30. The van der Waals surface area contributed by atoms with E-state index >= 15 is 0 Å². The molecule has 0 radical (unpaired) electrons. The van der Waals surface area contributed by atoms with Crippen molar-refractivity contribution in [3.63, 3.8) is 0 Å². The van der Waals surface area contributed by atoms with E-state index < -0.39 is 6.04 Å². The van der Waals surface area contributed by atoms with Gasteiger partial charge < -0.3 is 9.64 Å². The molecule has 5 nitrogen and oxygen atoms in total. The fourth-order valence-corrected chi connectivity index (χ4v) is 4.88. The number of halogens is 2. The van der Waals surface area contributed by atoms with Crippen LogP contribution in [0.4, 0.5) is 4.39 Å². The van der Waals surface area contributed by atoms with Crippen LogP contribution in [0.5, 0.6) is 0 Å². The maximum atomic E-state index is 13.6. The molecule has 1 aromatic carbocycles. The molecule has 2 atom stereocenters. The molecule has 2 aliphatic heterocycles. The predicted octanol–water partition coefficient (Wildman–Crippen LogP) is 3.97. The van der Waals surface area contributed by atoms with Crippen molar-refractivity contribution in [3.8, 4) is 0 Å². The van der Waals surface area contributed by atoms with Crippen LogP contribution in [0.25, 0.3) is 0 Å². The van der Waals surface area contributed by atoms with Crippen LogP contribution in [-0.2, 0) is 9.53 Å². The molecule has 0 spiro atoms. The minimum atomic E-state index is -0.496. The summed E-state index contributed by atoms with van der Waals surface area (Å²) in [5.74, 6) is 0.694. The summed E-state index contributed by atoms with van der Waals surface area (Å²) in [5.41, 5.74) is 2.32. The van der Waals surface area contributed by atoms with E-state index in [1.807, 2.05) is 5.38 Å². The van der Waals surface area contributed by atoms with E-state index in [9.17, 15) is 9.18 Å². The lowest BCUT2D eigenvalue weighted by molar-refractivity contribution is -0.105. The minimum Gasteiger partial charge on any atom is -0.384 e. The summed E-state index contributed by atoms with van der Waals surface area (Å²) in [5, 5.41) is 2.71. The minimum absolute atomic E-state index is 0.278. The fourth-order valence-electron chi connectivity index (χ4n) is 3.67. The van der Waals surface area contributed by atoms with Gasteiger partial charge in [0, 0.05) is 46.9 Å². The number of amidine groups is 1. The molecule has 2 aromatic rings. The highest BCUT2D eigenvalue weighted by atomic mass is 79.9. The number of hydrogen-bond donors (Lipinski definition) is 0. The zero-order valence-corrected chi connectivity index (χ0v) is 17.0. The Bertz CT molecular complexity index is 929. The molecule has 140 valence electrons. The Morgan fingerprint density at radius 2 is 2.33 bits per heavy atom. The molecule has 1 fully saturated rings. The Morgan fingerprint density at radius 1 is 1.48 bits per heavy atom. The molecule has 4 rings (SSSR count). The van der Waals surface area contributed by atoms with Crippen LogP contribution in [0.2, 0.25) is 0 Å². The number of aromatic nitrogens is 1. The molecule has 8 heteroatoms. The van der Waals surface area contributed by atoms with Crippen molar-refractivity contribution < 1.29 is 13.9 Å². The highest BCUT2D eigenvalue weighted by molar-refractivity contribution is 9.10. The van der Waals surface area contributed by atoms with Gasteiger partial charge in [-0.05, 0) is 24.1 Å². The van der Waals surface area contributed by atoms with Gasteiger partial charge in [0.2, 0.25) is 0 Å². The van der Waals surface area contributed by atoms with Crippen LogP contribution in [0, 0.1) is 11.7 Å². The van der Waals surface area contributed by atoms with E-state index in [1.54, 1.807) is 19.4 Å². The highest BCUT2D eigenvalue weighted by Crippen LogP contribution is 2.42. The summed E-state index contributed by atoms with van der Waals surface area (Å²) in [4.78, 5) is 23.4. The summed E-state index contributed by atoms with van der Waals surface area (Å²) < 4.78 is 19.5. The Balaban J connectivity index is 1.85. The number of carbonyl (C=O) groups excluding carboxylic acids is 1. The second-order valence-corrected chi connectivity index (χ2v) is 8.26. The number of nitrogens with zero attached hydrogens (tertiary/aromatic N) is 3. The first kappa shape index (κ1) is 18.5. The van der Waals surface area contributed by atoms with E-state index in [0.29, 0.717) is 16.7 Å². The summed E-state index contributed by atoms with van der Waals surface area (Å²) in [6.45, 7) is 1.35. The second-order valence-electron chi connectivity index (χ2n) is 6.51. The Morgan fingerprint density at radius 3 is 3.00 bits per heavy atom. The number of carbonyl (C=O) groups is 1. The van der Waals surface area contributed by atoms with E-state index in [4.69, 9.17) is 9.73 Å². The van der Waals surface area contributed by atoms with Gasteiger partial charge in [0.1, 0.15) is 18.1 Å². The summed E-state index contributed by atoms with van der Waals surface area (Å²) in [6.07, 6.45) is 3.36. The van der Waals surface area contributed by atoms with Gasteiger partial charge in [0.25, 0.3) is 0 Å². The number of aldehydes is 1. The van der Waals surface area contributed by atoms with Crippen molar-refractivity contribution in [2.45, 2.75) is 12.5 Å². The maximum Gasteiger partial charge on any atom is 0.165 e. The van der Waals surface area contributed by atoms with Crippen LogP contribution in [0.3, 0.4) is 0 Å². The van der Waals surface area contributed by atoms with Crippen LogP contribution in [0.15, 0.2) is 50.5 Å². The van der Waals surface area contributed by atoms with Crippen molar-refractivity contribution in [1.29, 1.82) is 0 Å². The quantitative estimate of drug-likeness (QED) is 0.648. The van der Waals surface area contributed by atoms with Gasteiger partial charge in [0.15, 0.2) is 10.8 Å². The summed E-state index contributed by atoms with van der Waals surface area (Å²) in [6, 6.07) is 3.97. The van der Waals surface area contributed by atoms with Gasteiger partial charge in [-0.3, -0.25) is 9.79 Å². The number of allylic oxidation sites excluding steroid dienone is 1. The third-order valence-electron chi connectivity index (χ3n) is 4.79. The number of fused-ring (bicyclic) bond motifs is 1. The maximum absolute atomic E-state index is 13.6. The normalized spacial score (nSPS) is 22.0. The zero-order valence-electron chi connectivity index (χ0n) is 14.6. The van der Waals surface area contributed by atoms with Crippen molar-refractivity contribution in [1.82, 2.24) is 9.88 Å². The van der Waals surface area contributed by atoms with Gasteiger partial charge in [-0.2, -0.15) is 0 Å². The molecule has 0 N–H and O–H groups in total. The van der Waals surface area contributed by atoms with E-state index in [0.717, 1.165) is 41.4 Å². The molecular weight excluding hydrogens is 433 g/mol. The summed E-state index contributed by atoms with van der Waals surface area (Å²) >= 11 is 4.93. The number of hydrogen-bond acceptors (Lipinski definition) is 6. The van der Waals surface area contributed by atoms with Crippen molar-refractivity contribution in [3.05, 3.63) is 61.9 Å². The Labute approximate surface area is 168 Å². The monoisotopic (exact) mass is 449 g/mol. The standard InChI is InChI=1S/C19H17BrFN3O2S/c1-26-10-11-6-16-14(9-25)17(13-3-2-12(21)7-15(13)20)23-18(24(16)8-11)19-22-4-5-27-19/h2-5,7,9,11,17H,6,8,10H2,1H3. The Kier molecular flexibility index (Phi) is 5.21. The molecule has 0 bridgehead atoms. The smallest absolute Gasteiger partial charge is 0.165 e. The van der Waals surface area contributed by atoms with Gasteiger partial charge >= 0.3 is 0 Å². The first-order chi connectivity index (χ1) is 13.1. The Hall–Kier alpha value is -1.90. The lowest BCUT2D eigenvalue weighted by atomic mass is 9.95. The first-order valence-corrected chi connectivity index (χ1v) is 10.2. The fraction of sp³-hybridized carbons (Fsp3) is 0.316. The molecule has 2 unspecified atom stereocenters. The number of ether oxygens (including phenoxy) is 1. The third-order valence-corrected chi connectivity index (χ3v) is 6.25. The number of methoxy groups -OCH3 is 1. The van der Waals surface area contributed by atoms with Crippen molar-refractivity contribution >= 4 is 39.4 Å². The number of thiazole rings is 1. The van der Waals surface area contributed by atoms with E-state index in [1.165, 1.54) is 23.5 Å². The lowest BCUT2D eigenvalue weighted by Gasteiger charge is -2.31. The second kappa shape index (κ2) is 7.61. The molecule has 0 amide bonds. The highest BCUT2D eigenvalue weighted by Gasteiger charge is 2.39. The van der Waals surface area contributed by atoms with Gasteiger partial charge in [0.05, 0.1) is 6.61 Å². The predicted molar refractivity (Wildman–Crippen MR) is 105 cm³/mol. The van der Waals surface area contributed by atoms with Gasteiger partial charge in [-0.15, -0.1) is 11.3 Å². The molecule has 27 heavy (non-hydrogen) atoms. The van der Waals surface area contributed by atoms with Crippen LogP contribution in [0.1, 0.15) is 23.0 Å². The molecule has 3 heterocycles. The molecule has 0 aliphatic carbocycles. The van der Waals surface area contributed by atoms with Crippen LogP contribution < -0.4 is 0 Å². The first-order valence-electron chi connectivity index (χ1n) is 8.49. The topological polar surface area (TPSA) is 54.8 Å². The number of benzene rings is 1.